The van der Waals surface area contributed by atoms with Gasteiger partial charge in [0.05, 0.1) is 27.5 Å². The molecule has 0 unspecified atom stereocenters. The lowest BCUT2D eigenvalue weighted by molar-refractivity contribution is -0.128. The molecule has 1 saturated heterocycles. The number of carbonyl (C=O) groups is 1. The van der Waals surface area contributed by atoms with E-state index in [0.717, 1.165) is 11.6 Å². The Hall–Kier alpha value is -4.31. The molecule has 5 rings (SSSR count). The minimum atomic E-state index is -0.629. The van der Waals surface area contributed by atoms with E-state index < -0.39 is 11.5 Å². The first-order chi connectivity index (χ1) is 19.9. The van der Waals surface area contributed by atoms with Crippen LogP contribution in [-0.2, 0) is 4.79 Å². The normalized spacial score (nSPS) is 16.8. The van der Waals surface area contributed by atoms with Crippen molar-refractivity contribution in [2.24, 2.45) is 0 Å². The third-order valence-corrected chi connectivity index (χ3v) is 7.94. The summed E-state index contributed by atoms with van der Waals surface area (Å²) in [6, 6.07) is 6.65. The van der Waals surface area contributed by atoms with Gasteiger partial charge in [0.25, 0.3) is 0 Å². The maximum Gasteiger partial charge on any atom is 0.355 e. The SMILES string of the molecule is C.C=CC(=O)N1C[C@H](C)N(c2nc(=O)n(-c3c(C)ccnc3C(C)C)c3nc(-c4cc(O)ccc4F)c(Cl)cc23)C[C@H]1C. The highest BCUT2D eigenvalue weighted by molar-refractivity contribution is 6.34. The largest absolute Gasteiger partial charge is 0.508 e. The van der Waals surface area contributed by atoms with Crippen LogP contribution in [-0.4, -0.2) is 60.6 Å². The molecular formula is C32H36ClFN6O3. The van der Waals surface area contributed by atoms with Gasteiger partial charge in [0.15, 0.2) is 5.65 Å². The number of benzene rings is 1. The molecule has 4 heterocycles. The van der Waals surface area contributed by atoms with Gasteiger partial charge in [0.1, 0.15) is 17.4 Å². The Morgan fingerprint density at radius 1 is 1.16 bits per heavy atom. The second-order valence-corrected chi connectivity index (χ2v) is 11.4. The molecule has 2 atom stereocenters. The Kier molecular flexibility index (Phi) is 8.92. The standard InChI is InChI=1S/C31H32ClFN6O3.CH4/c1-7-25(41)37-14-19(6)38(15-18(37)5)29-22-13-23(32)27(21-12-20(40)8-9-24(21)33)35-30(22)39(31(42)36-29)28-17(4)10-11-34-26(28)16(2)3;/h7-13,16,18-19,40H,1,14-15H2,2-6H3;1H4/t18-,19+;/m1./s1. The van der Waals surface area contributed by atoms with Crippen LogP contribution in [0.5, 0.6) is 5.75 Å². The summed E-state index contributed by atoms with van der Waals surface area (Å²) in [6.45, 7) is 14.1. The topological polar surface area (TPSA) is 104 Å². The molecule has 43 heavy (non-hydrogen) atoms. The number of nitrogens with zero attached hydrogens (tertiary/aromatic N) is 6. The van der Waals surface area contributed by atoms with E-state index in [1.54, 1.807) is 23.2 Å². The lowest BCUT2D eigenvalue weighted by Crippen LogP contribution is -2.58. The summed E-state index contributed by atoms with van der Waals surface area (Å²) in [6.07, 6.45) is 2.98. The maximum absolute atomic E-state index is 15.0. The van der Waals surface area contributed by atoms with E-state index in [1.165, 1.54) is 22.8 Å². The first kappa shape index (κ1) is 31.6. The van der Waals surface area contributed by atoms with Gasteiger partial charge in [0.2, 0.25) is 5.91 Å². The first-order valence-electron chi connectivity index (χ1n) is 13.7. The van der Waals surface area contributed by atoms with Crippen molar-refractivity contribution in [3.8, 4) is 22.7 Å². The third-order valence-electron chi connectivity index (χ3n) is 7.65. The van der Waals surface area contributed by atoms with Crippen molar-refractivity contribution in [2.75, 3.05) is 18.0 Å². The molecule has 1 amide bonds. The van der Waals surface area contributed by atoms with E-state index in [9.17, 15) is 14.7 Å². The number of aromatic hydroxyl groups is 1. The summed E-state index contributed by atoms with van der Waals surface area (Å²) >= 11 is 6.75. The average Bonchev–Trinajstić information content (AvgIpc) is 2.95. The van der Waals surface area contributed by atoms with Gasteiger partial charge in [-0.2, -0.15) is 4.98 Å². The molecule has 1 aliphatic rings. The van der Waals surface area contributed by atoms with Crippen molar-refractivity contribution >= 4 is 34.4 Å². The van der Waals surface area contributed by atoms with E-state index in [4.69, 9.17) is 16.6 Å². The Bertz CT molecular complexity index is 1790. The molecule has 0 bridgehead atoms. The van der Waals surface area contributed by atoms with Gasteiger partial charge in [-0.05, 0) is 68.7 Å². The van der Waals surface area contributed by atoms with Crippen LogP contribution < -0.4 is 10.6 Å². The summed E-state index contributed by atoms with van der Waals surface area (Å²) < 4.78 is 16.4. The number of rotatable bonds is 5. The fraction of sp³-hybridized carbons (Fsp3) is 0.344. The maximum atomic E-state index is 15.0. The number of aryl methyl sites for hydroxylation is 1. The second kappa shape index (κ2) is 12.1. The van der Waals surface area contributed by atoms with E-state index in [0.29, 0.717) is 35.7 Å². The van der Waals surface area contributed by atoms with E-state index in [1.807, 2.05) is 39.5 Å². The minimum Gasteiger partial charge on any atom is -0.508 e. The highest BCUT2D eigenvalue weighted by Gasteiger charge is 2.34. The number of amides is 1. The molecule has 0 aliphatic carbocycles. The zero-order valence-corrected chi connectivity index (χ0v) is 24.9. The first-order valence-corrected chi connectivity index (χ1v) is 14.1. The second-order valence-electron chi connectivity index (χ2n) is 11.0. The lowest BCUT2D eigenvalue weighted by atomic mass is 10.0. The number of hydrogen-bond acceptors (Lipinski definition) is 7. The number of carbonyl (C=O) groups excluding carboxylic acids is 1. The summed E-state index contributed by atoms with van der Waals surface area (Å²) in [7, 11) is 0. The van der Waals surface area contributed by atoms with Crippen molar-refractivity contribution in [2.45, 2.75) is 60.0 Å². The van der Waals surface area contributed by atoms with Gasteiger partial charge in [-0.3, -0.25) is 9.78 Å². The van der Waals surface area contributed by atoms with Crippen molar-refractivity contribution in [1.82, 2.24) is 24.4 Å². The van der Waals surface area contributed by atoms with Crippen LogP contribution in [0.25, 0.3) is 28.0 Å². The summed E-state index contributed by atoms with van der Waals surface area (Å²) in [4.78, 5) is 44.1. The van der Waals surface area contributed by atoms with Crippen LogP contribution in [0.4, 0.5) is 10.2 Å². The quantitative estimate of drug-likeness (QED) is 0.277. The van der Waals surface area contributed by atoms with Gasteiger partial charge in [-0.25, -0.2) is 18.7 Å². The molecule has 1 aromatic carbocycles. The smallest absolute Gasteiger partial charge is 0.355 e. The number of hydrogen-bond donors (Lipinski definition) is 1. The predicted molar refractivity (Wildman–Crippen MR) is 169 cm³/mol. The third kappa shape index (κ3) is 5.59. The van der Waals surface area contributed by atoms with Crippen molar-refractivity contribution < 1.29 is 14.3 Å². The number of pyridine rings is 2. The van der Waals surface area contributed by atoms with Gasteiger partial charge >= 0.3 is 5.69 Å². The number of halogens is 2. The fourth-order valence-corrected chi connectivity index (χ4v) is 5.79. The van der Waals surface area contributed by atoms with Crippen LogP contribution in [0.1, 0.15) is 52.3 Å². The number of piperazine rings is 1. The summed E-state index contributed by atoms with van der Waals surface area (Å²) in [5.41, 5.74) is 1.69. The van der Waals surface area contributed by atoms with Gasteiger partial charge in [-0.15, -0.1) is 0 Å². The monoisotopic (exact) mass is 606 g/mol. The molecule has 226 valence electrons. The minimum absolute atomic E-state index is 0. The van der Waals surface area contributed by atoms with Crippen LogP contribution in [0.2, 0.25) is 5.02 Å². The predicted octanol–water partition coefficient (Wildman–Crippen LogP) is 6.02. The van der Waals surface area contributed by atoms with Gasteiger partial charge in [0, 0.05) is 36.9 Å². The number of aromatic nitrogens is 4. The molecule has 4 aromatic rings. The Morgan fingerprint density at radius 3 is 2.56 bits per heavy atom. The number of phenols is 1. The Morgan fingerprint density at radius 2 is 1.88 bits per heavy atom. The van der Waals surface area contributed by atoms with Crippen molar-refractivity contribution in [3.63, 3.8) is 0 Å². The van der Waals surface area contributed by atoms with E-state index in [-0.39, 0.29) is 59.0 Å². The summed E-state index contributed by atoms with van der Waals surface area (Å²) in [5, 5.41) is 10.7. The molecule has 1 N–H and O–H groups in total. The molecule has 1 fully saturated rings. The number of anilines is 1. The Labute approximate surface area is 255 Å². The molecule has 1 aliphatic heterocycles. The van der Waals surface area contributed by atoms with Gasteiger partial charge < -0.3 is 14.9 Å². The highest BCUT2D eigenvalue weighted by atomic mass is 35.5. The van der Waals surface area contributed by atoms with Crippen LogP contribution in [0.15, 0.2) is 54.0 Å². The number of phenolic OH excluding ortho intramolecular Hbond substituents is 1. The van der Waals surface area contributed by atoms with Crippen LogP contribution in [0, 0.1) is 12.7 Å². The lowest BCUT2D eigenvalue weighted by Gasteiger charge is -2.44. The molecule has 3 aromatic heterocycles. The Balaban J connectivity index is 0.00000423. The zero-order valence-electron chi connectivity index (χ0n) is 24.1. The molecule has 11 heteroatoms. The van der Waals surface area contributed by atoms with Crippen molar-refractivity contribution in [1.29, 1.82) is 0 Å². The fourth-order valence-electron chi connectivity index (χ4n) is 5.54. The average molecular weight is 607 g/mol. The molecule has 0 saturated carbocycles. The highest BCUT2D eigenvalue weighted by Crippen LogP contribution is 2.37. The van der Waals surface area contributed by atoms with Gasteiger partial charge in [-0.1, -0.05) is 39.5 Å². The molecular weight excluding hydrogens is 571 g/mol. The summed E-state index contributed by atoms with van der Waals surface area (Å²) in [5.74, 6) is -0.625. The van der Waals surface area contributed by atoms with Crippen molar-refractivity contribution in [3.05, 3.63) is 81.8 Å². The molecule has 0 radical (unpaired) electrons. The van der Waals surface area contributed by atoms with E-state index >= 15 is 4.39 Å². The van der Waals surface area contributed by atoms with Crippen LogP contribution in [0.3, 0.4) is 0 Å². The van der Waals surface area contributed by atoms with Crippen LogP contribution >= 0.6 is 11.6 Å². The molecule has 0 spiro atoms. The number of fused-ring (bicyclic) bond motifs is 1. The zero-order chi connectivity index (χ0) is 30.5. The van der Waals surface area contributed by atoms with E-state index in [2.05, 4.69) is 16.5 Å². The molecule has 9 nitrogen and oxygen atoms in total.